The summed E-state index contributed by atoms with van der Waals surface area (Å²) in [6, 6.07) is 12.7. The van der Waals surface area contributed by atoms with E-state index in [0.717, 1.165) is 28.0 Å². The first kappa shape index (κ1) is 22.3. The highest BCUT2D eigenvalue weighted by molar-refractivity contribution is 7.89. The van der Waals surface area contributed by atoms with Gasteiger partial charge in [0.2, 0.25) is 10.0 Å². The third-order valence-corrected chi connectivity index (χ3v) is 8.46. The number of nitrogens with one attached hydrogen (secondary N) is 1. The minimum Gasteiger partial charge on any atom is -0.493 e. The topological polar surface area (TPSA) is 84.9 Å². The van der Waals surface area contributed by atoms with Gasteiger partial charge in [-0.1, -0.05) is 24.3 Å². The van der Waals surface area contributed by atoms with Crippen LogP contribution in [0.2, 0.25) is 0 Å². The van der Waals surface area contributed by atoms with Gasteiger partial charge in [0.25, 0.3) is 5.91 Å². The molecule has 0 aliphatic carbocycles. The van der Waals surface area contributed by atoms with Crippen molar-refractivity contribution in [3.63, 3.8) is 0 Å². The first-order valence-electron chi connectivity index (χ1n) is 10.0. The van der Waals surface area contributed by atoms with Crippen LogP contribution in [-0.2, 0) is 23.0 Å². The fourth-order valence-electron chi connectivity index (χ4n) is 3.77. The summed E-state index contributed by atoms with van der Waals surface area (Å²) in [5.74, 6) is 0.540. The maximum absolute atomic E-state index is 13.4. The van der Waals surface area contributed by atoms with Gasteiger partial charge in [-0.2, -0.15) is 4.31 Å². The number of sulfonamides is 1. The molecule has 2 aromatic carbocycles. The maximum atomic E-state index is 13.4. The number of thiophene rings is 1. The van der Waals surface area contributed by atoms with Gasteiger partial charge in [-0.05, 0) is 47.5 Å². The van der Waals surface area contributed by atoms with E-state index in [4.69, 9.17) is 9.47 Å². The van der Waals surface area contributed by atoms with Crippen LogP contribution in [0.15, 0.2) is 52.7 Å². The van der Waals surface area contributed by atoms with Crippen LogP contribution in [0.4, 0.5) is 5.69 Å². The number of carbonyl (C=O) groups excluding carboxylic acids is 1. The van der Waals surface area contributed by atoms with Crippen LogP contribution in [0.25, 0.3) is 0 Å². The maximum Gasteiger partial charge on any atom is 0.267 e. The molecule has 3 aromatic rings. The molecule has 2 heterocycles. The summed E-state index contributed by atoms with van der Waals surface area (Å²) in [5, 5.41) is 4.45. The molecule has 0 radical (unpaired) electrons. The van der Waals surface area contributed by atoms with E-state index < -0.39 is 15.9 Å². The average molecular weight is 473 g/mol. The van der Waals surface area contributed by atoms with Crippen molar-refractivity contribution in [2.24, 2.45) is 0 Å². The molecule has 1 amide bonds. The Kier molecular flexibility index (Phi) is 6.23. The average Bonchev–Trinajstić information content (AvgIpc) is 3.31. The fraction of sp³-hybridized carbons (Fsp3) is 0.261. The van der Waals surface area contributed by atoms with E-state index in [1.165, 1.54) is 24.6 Å². The normalized spacial score (nSPS) is 14.0. The Morgan fingerprint density at radius 2 is 1.75 bits per heavy atom. The van der Waals surface area contributed by atoms with Crippen LogP contribution in [0, 0.1) is 6.92 Å². The zero-order valence-corrected chi connectivity index (χ0v) is 19.7. The summed E-state index contributed by atoms with van der Waals surface area (Å²) in [6.45, 7) is 2.50. The minimum atomic E-state index is -3.82. The number of anilines is 1. The van der Waals surface area contributed by atoms with Gasteiger partial charge in [-0.15, -0.1) is 11.3 Å². The number of rotatable bonds is 6. The van der Waals surface area contributed by atoms with Gasteiger partial charge in [-0.3, -0.25) is 4.79 Å². The van der Waals surface area contributed by atoms with Crippen molar-refractivity contribution in [2.75, 3.05) is 26.1 Å². The molecule has 0 saturated heterocycles. The van der Waals surface area contributed by atoms with Gasteiger partial charge in [0.1, 0.15) is 9.77 Å². The molecule has 0 bridgehead atoms. The monoisotopic (exact) mass is 472 g/mol. The third kappa shape index (κ3) is 4.11. The molecule has 9 heteroatoms. The molecule has 1 aliphatic heterocycles. The lowest BCUT2D eigenvalue weighted by atomic mass is 10.0. The predicted octanol–water partition coefficient (Wildman–Crippen LogP) is 4.07. The van der Waals surface area contributed by atoms with Gasteiger partial charge in [0.05, 0.1) is 14.2 Å². The van der Waals surface area contributed by atoms with Gasteiger partial charge in [0.15, 0.2) is 11.5 Å². The van der Waals surface area contributed by atoms with Crippen molar-refractivity contribution in [1.82, 2.24) is 4.31 Å². The number of methoxy groups -OCH3 is 2. The second kappa shape index (κ2) is 8.93. The van der Waals surface area contributed by atoms with Crippen molar-refractivity contribution in [3.8, 4) is 11.5 Å². The van der Waals surface area contributed by atoms with Gasteiger partial charge in [-0.25, -0.2) is 8.42 Å². The summed E-state index contributed by atoms with van der Waals surface area (Å²) in [5.41, 5.74) is 3.44. The lowest BCUT2D eigenvalue weighted by Crippen LogP contribution is -2.36. The van der Waals surface area contributed by atoms with Crippen LogP contribution in [0.5, 0.6) is 11.5 Å². The number of hydrogen-bond donors (Lipinski definition) is 1. The number of benzene rings is 2. The third-order valence-electron chi connectivity index (χ3n) is 5.53. The molecule has 1 N–H and O–H groups in total. The Labute approximate surface area is 191 Å². The molecule has 32 heavy (non-hydrogen) atoms. The molecular formula is C23H24N2O5S2. The summed E-state index contributed by atoms with van der Waals surface area (Å²) in [6.07, 6.45) is 0.645. The Bertz CT molecular complexity index is 1270. The second-order valence-electron chi connectivity index (χ2n) is 7.45. The highest BCUT2D eigenvalue weighted by atomic mass is 32.2. The van der Waals surface area contributed by atoms with E-state index in [1.807, 2.05) is 31.2 Å². The molecule has 0 fully saturated rings. The van der Waals surface area contributed by atoms with Gasteiger partial charge >= 0.3 is 0 Å². The predicted molar refractivity (Wildman–Crippen MR) is 124 cm³/mol. The first-order valence-corrected chi connectivity index (χ1v) is 12.4. The Balaban J connectivity index is 1.61. The summed E-state index contributed by atoms with van der Waals surface area (Å²) >= 11 is 1.10. The zero-order chi connectivity index (χ0) is 22.9. The standard InChI is InChI=1S/C23H24N2O5S2/c1-15-12-19(29-2)20(30-3)13-18(15)24-23(26)22-21(9-11-31-22)32(27,28)25-10-8-16-6-4-5-7-17(16)14-25/h4-7,9,11-13H,8,10,14H2,1-3H3,(H,24,26). The number of carbonyl (C=O) groups is 1. The van der Waals surface area contributed by atoms with Gasteiger partial charge in [0, 0.05) is 24.8 Å². The van der Waals surface area contributed by atoms with E-state index in [-0.39, 0.29) is 9.77 Å². The largest absolute Gasteiger partial charge is 0.493 e. The fourth-order valence-corrected chi connectivity index (χ4v) is 6.49. The molecule has 0 unspecified atom stereocenters. The zero-order valence-electron chi connectivity index (χ0n) is 18.0. The second-order valence-corrected chi connectivity index (χ2v) is 10.3. The first-order chi connectivity index (χ1) is 15.3. The molecule has 0 spiro atoms. The summed E-state index contributed by atoms with van der Waals surface area (Å²) in [4.78, 5) is 13.3. The van der Waals surface area contributed by atoms with E-state index in [1.54, 1.807) is 17.5 Å². The SMILES string of the molecule is COc1cc(C)c(NC(=O)c2sccc2S(=O)(=O)N2CCc3ccccc3C2)cc1OC. The van der Waals surface area contributed by atoms with E-state index in [9.17, 15) is 13.2 Å². The van der Waals surface area contributed by atoms with Crippen molar-refractivity contribution >= 4 is 33.0 Å². The van der Waals surface area contributed by atoms with E-state index in [2.05, 4.69) is 5.32 Å². The van der Waals surface area contributed by atoms with Crippen molar-refractivity contribution in [2.45, 2.75) is 24.8 Å². The molecule has 0 atom stereocenters. The molecule has 1 aromatic heterocycles. The Morgan fingerprint density at radius 3 is 2.47 bits per heavy atom. The van der Waals surface area contributed by atoms with Crippen LogP contribution < -0.4 is 14.8 Å². The smallest absolute Gasteiger partial charge is 0.267 e. The highest BCUT2D eigenvalue weighted by Gasteiger charge is 2.32. The van der Waals surface area contributed by atoms with Gasteiger partial charge < -0.3 is 14.8 Å². The Morgan fingerprint density at radius 1 is 1.06 bits per heavy atom. The van der Waals surface area contributed by atoms with Crippen molar-refractivity contribution < 1.29 is 22.7 Å². The minimum absolute atomic E-state index is 0.0255. The molecule has 1 aliphatic rings. The summed E-state index contributed by atoms with van der Waals surface area (Å²) < 4.78 is 38.8. The highest BCUT2D eigenvalue weighted by Crippen LogP contribution is 2.34. The molecule has 0 saturated carbocycles. The molecule has 7 nitrogen and oxygen atoms in total. The quantitative estimate of drug-likeness (QED) is 0.585. The van der Waals surface area contributed by atoms with Crippen molar-refractivity contribution in [3.05, 3.63) is 69.4 Å². The molecular weight excluding hydrogens is 448 g/mol. The lowest BCUT2D eigenvalue weighted by molar-refractivity contribution is 0.102. The number of fused-ring (bicyclic) bond motifs is 1. The van der Waals surface area contributed by atoms with E-state index >= 15 is 0 Å². The Hall–Kier alpha value is -2.88. The number of hydrogen-bond acceptors (Lipinski definition) is 6. The van der Waals surface area contributed by atoms with Crippen molar-refractivity contribution in [1.29, 1.82) is 0 Å². The van der Waals surface area contributed by atoms with Crippen LogP contribution in [-0.4, -0.2) is 39.4 Å². The van der Waals surface area contributed by atoms with Crippen LogP contribution in [0.3, 0.4) is 0 Å². The molecule has 4 rings (SSSR count). The van der Waals surface area contributed by atoms with Crippen LogP contribution >= 0.6 is 11.3 Å². The van der Waals surface area contributed by atoms with Crippen LogP contribution in [0.1, 0.15) is 26.4 Å². The molecule has 168 valence electrons. The number of ether oxygens (including phenoxy) is 2. The summed E-state index contributed by atoms with van der Waals surface area (Å²) in [7, 11) is -0.772. The number of aryl methyl sites for hydroxylation is 1. The number of nitrogens with zero attached hydrogens (tertiary/aromatic N) is 1. The van der Waals surface area contributed by atoms with E-state index in [0.29, 0.717) is 36.7 Å². The lowest BCUT2D eigenvalue weighted by Gasteiger charge is -2.28. The number of amides is 1.